The van der Waals surface area contributed by atoms with Crippen molar-refractivity contribution in [1.82, 2.24) is 9.55 Å². The molecule has 2 unspecified atom stereocenters. The van der Waals surface area contributed by atoms with Gasteiger partial charge in [-0.05, 0) is 37.8 Å². The first-order valence-corrected chi connectivity index (χ1v) is 9.69. The fraction of sp³-hybridized carbons (Fsp3) is 0.364. The molecule has 4 rings (SSSR count). The highest BCUT2D eigenvalue weighted by atomic mass is 19.4. The van der Waals surface area contributed by atoms with Gasteiger partial charge in [-0.1, -0.05) is 13.0 Å². The van der Waals surface area contributed by atoms with E-state index in [-0.39, 0.29) is 45.9 Å². The Bertz CT molecular complexity index is 1270. The van der Waals surface area contributed by atoms with Crippen molar-refractivity contribution in [3.05, 3.63) is 45.8 Å². The second-order valence-electron chi connectivity index (χ2n) is 7.93. The zero-order chi connectivity index (χ0) is 22.8. The quantitative estimate of drug-likeness (QED) is 0.630. The molecule has 3 aromatic rings. The highest BCUT2D eigenvalue weighted by Gasteiger charge is 2.43. The first-order valence-electron chi connectivity index (χ1n) is 9.69. The first-order chi connectivity index (χ1) is 14.5. The van der Waals surface area contributed by atoms with E-state index in [2.05, 4.69) is 4.98 Å². The normalized spacial score (nSPS) is 18.3. The number of nitriles is 1. The number of aromatic nitrogens is 2. The fourth-order valence-corrected chi connectivity index (χ4v) is 4.56. The summed E-state index contributed by atoms with van der Waals surface area (Å²) in [5, 5.41) is 20.2. The van der Waals surface area contributed by atoms with Gasteiger partial charge < -0.3 is 15.6 Å². The van der Waals surface area contributed by atoms with E-state index < -0.39 is 18.0 Å². The highest BCUT2D eigenvalue weighted by molar-refractivity contribution is 5.99. The van der Waals surface area contributed by atoms with Crippen LogP contribution in [-0.2, 0) is 12.6 Å². The van der Waals surface area contributed by atoms with Crippen molar-refractivity contribution in [2.75, 3.05) is 12.8 Å². The Morgan fingerprint density at radius 2 is 2.00 bits per heavy atom. The molecule has 2 atom stereocenters. The summed E-state index contributed by atoms with van der Waals surface area (Å²) in [6.07, 6.45) is -5.64. The van der Waals surface area contributed by atoms with Crippen LogP contribution in [0.3, 0.4) is 0 Å². The maximum atomic E-state index is 14.0. The number of rotatable bonds is 2. The third kappa shape index (κ3) is 2.86. The van der Waals surface area contributed by atoms with Gasteiger partial charge in [0, 0.05) is 16.8 Å². The number of nitrogens with two attached hydrogens (primary N) is 1. The van der Waals surface area contributed by atoms with E-state index in [1.54, 1.807) is 32.9 Å². The molecule has 0 bridgehead atoms. The Hall–Kier alpha value is -3.25. The minimum atomic E-state index is -4.80. The number of hydrogen-bond donors (Lipinski definition) is 2. The molecule has 31 heavy (non-hydrogen) atoms. The number of nitrogen functional groups attached to an aromatic ring is 1. The molecule has 0 radical (unpaired) electrons. The van der Waals surface area contributed by atoms with Gasteiger partial charge in [0.05, 0.1) is 29.8 Å². The largest absolute Gasteiger partial charge is 0.496 e. The zero-order valence-electron chi connectivity index (χ0n) is 17.4. The van der Waals surface area contributed by atoms with E-state index in [1.807, 2.05) is 6.07 Å². The summed E-state index contributed by atoms with van der Waals surface area (Å²) in [5.74, 6) is 0.0669. The van der Waals surface area contributed by atoms with E-state index >= 15 is 0 Å². The number of aliphatic hydroxyl groups is 1. The van der Waals surface area contributed by atoms with Crippen molar-refractivity contribution in [2.24, 2.45) is 5.92 Å². The van der Waals surface area contributed by atoms with Gasteiger partial charge in [0.1, 0.15) is 23.2 Å². The van der Waals surface area contributed by atoms with Crippen LogP contribution >= 0.6 is 0 Å². The lowest BCUT2D eigenvalue weighted by Gasteiger charge is -2.20. The lowest BCUT2D eigenvalue weighted by molar-refractivity contribution is -0.139. The van der Waals surface area contributed by atoms with Gasteiger partial charge in [0.15, 0.2) is 5.69 Å². The summed E-state index contributed by atoms with van der Waals surface area (Å²) in [6, 6.07) is 5.35. The third-order valence-corrected chi connectivity index (χ3v) is 6.01. The van der Waals surface area contributed by atoms with Crippen molar-refractivity contribution in [2.45, 2.75) is 39.5 Å². The number of benzene rings is 1. The van der Waals surface area contributed by atoms with E-state index in [4.69, 9.17) is 10.5 Å². The van der Waals surface area contributed by atoms with Crippen LogP contribution in [0.5, 0.6) is 5.75 Å². The minimum absolute atomic E-state index is 0.0719. The number of halogens is 3. The Morgan fingerprint density at radius 1 is 1.32 bits per heavy atom. The number of methoxy groups -OCH3 is 1. The summed E-state index contributed by atoms with van der Waals surface area (Å²) in [5.41, 5.74) is 7.23. The predicted molar refractivity (Wildman–Crippen MR) is 109 cm³/mol. The summed E-state index contributed by atoms with van der Waals surface area (Å²) < 4.78 is 48.9. The Balaban J connectivity index is 2.29. The topological polar surface area (TPSA) is 97.1 Å². The number of fused-ring (bicyclic) bond motifs is 3. The van der Waals surface area contributed by atoms with Crippen molar-refractivity contribution >= 4 is 16.7 Å². The van der Waals surface area contributed by atoms with Crippen molar-refractivity contribution < 1.29 is 23.0 Å². The maximum Gasteiger partial charge on any atom is 0.434 e. The molecule has 1 aromatic carbocycles. The monoisotopic (exact) mass is 430 g/mol. The van der Waals surface area contributed by atoms with Crippen molar-refractivity contribution in [3.63, 3.8) is 0 Å². The van der Waals surface area contributed by atoms with Crippen LogP contribution in [-0.4, -0.2) is 21.8 Å². The minimum Gasteiger partial charge on any atom is -0.496 e. The van der Waals surface area contributed by atoms with Gasteiger partial charge in [-0.25, -0.2) is 4.98 Å². The molecule has 6 nitrogen and oxygen atoms in total. The Morgan fingerprint density at radius 3 is 2.58 bits per heavy atom. The van der Waals surface area contributed by atoms with Crippen molar-refractivity contribution in [3.8, 4) is 17.5 Å². The third-order valence-electron chi connectivity index (χ3n) is 6.01. The molecule has 9 heteroatoms. The number of anilines is 1. The van der Waals surface area contributed by atoms with E-state index in [0.29, 0.717) is 17.0 Å². The number of ether oxygens (including phenoxy) is 1. The van der Waals surface area contributed by atoms with Crippen LogP contribution in [0.15, 0.2) is 12.1 Å². The molecule has 0 aliphatic heterocycles. The molecule has 0 saturated heterocycles. The van der Waals surface area contributed by atoms with Gasteiger partial charge in [0.2, 0.25) is 0 Å². The maximum absolute atomic E-state index is 14.0. The van der Waals surface area contributed by atoms with Crippen LogP contribution in [0.4, 0.5) is 19.0 Å². The standard InChI is InChI=1S/C22H21F3N4O2/c1-9-5-6-14(31-4)11(3)17(9)29-18-15(12(8-26)21(29)27)20(22(23,24)25)28-13-7-10(2)19(30)16(13)18/h5-6,10,19,30H,7,27H2,1-4H3. The van der Waals surface area contributed by atoms with Crippen LogP contribution in [0.2, 0.25) is 0 Å². The number of aryl methyl sites for hydroxylation is 1. The second-order valence-corrected chi connectivity index (χ2v) is 7.93. The van der Waals surface area contributed by atoms with Crippen LogP contribution in [0.25, 0.3) is 16.6 Å². The summed E-state index contributed by atoms with van der Waals surface area (Å²) in [6.45, 7) is 5.31. The molecule has 1 aliphatic rings. The van der Waals surface area contributed by atoms with Gasteiger partial charge in [-0.15, -0.1) is 0 Å². The molecule has 0 spiro atoms. The van der Waals surface area contributed by atoms with E-state index in [0.717, 1.165) is 5.56 Å². The summed E-state index contributed by atoms with van der Waals surface area (Å²) in [4.78, 5) is 3.86. The molecule has 0 amide bonds. The number of pyridine rings is 1. The van der Waals surface area contributed by atoms with Crippen molar-refractivity contribution in [1.29, 1.82) is 5.26 Å². The molecule has 2 aromatic heterocycles. The molecule has 2 heterocycles. The predicted octanol–water partition coefficient (Wildman–Crippen LogP) is 4.35. The van der Waals surface area contributed by atoms with Gasteiger partial charge >= 0.3 is 6.18 Å². The average molecular weight is 430 g/mol. The van der Waals surface area contributed by atoms with Crippen LogP contribution in [0, 0.1) is 31.1 Å². The van der Waals surface area contributed by atoms with Gasteiger partial charge in [0.25, 0.3) is 0 Å². The van der Waals surface area contributed by atoms with E-state index in [9.17, 15) is 23.5 Å². The second kappa shape index (κ2) is 6.89. The lowest BCUT2D eigenvalue weighted by atomic mass is 10.0. The smallest absolute Gasteiger partial charge is 0.434 e. The number of alkyl halides is 3. The lowest BCUT2D eigenvalue weighted by Crippen LogP contribution is -2.13. The Kier molecular flexibility index (Phi) is 4.67. The summed E-state index contributed by atoms with van der Waals surface area (Å²) >= 11 is 0. The van der Waals surface area contributed by atoms with Gasteiger partial charge in [-0.2, -0.15) is 18.4 Å². The van der Waals surface area contributed by atoms with Crippen LogP contribution < -0.4 is 10.5 Å². The molecule has 3 N–H and O–H groups in total. The zero-order valence-corrected chi connectivity index (χ0v) is 17.4. The number of nitrogens with zero attached hydrogens (tertiary/aromatic N) is 3. The molecule has 0 fully saturated rings. The SMILES string of the molecule is COc1ccc(C)c(-n2c(N)c(C#N)c3c(C(F)(F)F)nc4c(c32)C(O)C(C)C4)c1C. The number of hydrogen-bond acceptors (Lipinski definition) is 5. The fourth-order valence-electron chi connectivity index (χ4n) is 4.56. The molecular weight excluding hydrogens is 409 g/mol. The Labute approximate surface area is 176 Å². The van der Waals surface area contributed by atoms with Crippen LogP contribution in [0.1, 0.15) is 46.7 Å². The molecular formula is C22H21F3N4O2. The van der Waals surface area contributed by atoms with Gasteiger partial charge in [-0.3, -0.25) is 4.57 Å². The van der Waals surface area contributed by atoms with E-state index in [1.165, 1.54) is 11.7 Å². The molecule has 162 valence electrons. The first kappa shape index (κ1) is 21.0. The highest BCUT2D eigenvalue weighted by Crippen LogP contribution is 2.48. The molecule has 0 saturated carbocycles. The number of aliphatic hydroxyl groups excluding tert-OH is 1. The average Bonchev–Trinajstić information content (AvgIpc) is 3.14. The molecule has 1 aliphatic carbocycles. The summed E-state index contributed by atoms with van der Waals surface area (Å²) in [7, 11) is 1.49.